The minimum Gasteiger partial charge on any atom is -0.359 e. The number of hydrogen-bond acceptors (Lipinski definition) is 4. The molecule has 0 aliphatic heterocycles. The van der Waals surface area contributed by atoms with E-state index in [4.69, 9.17) is 4.52 Å². The second kappa shape index (κ2) is 11.1. The summed E-state index contributed by atoms with van der Waals surface area (Å²) in [7, 11) is 0. The summed E-state index contributed by atoms with van der Waals surface area (Å²) in [4.78, 5) is 7.10. The molecule has 0 bridgehead atoms. The highest BCUT2D eigenvalue weighted by Gasteiger charge is 2.12. The third-order valence-electron chi connectivity index (χ3n) is 4.12. The van der Waals surface area contributed by atoms with E-state index in [1.54, 1.807) is 0 Å². The van der Waals surface area contributed by atoms with E-state index in [1.165, 1.54) is 0 Å². The molecular formula is C19H37N5O. The van der Waals surface area contributed by atoms with Gasteiger partial charge in [0.15, 0.2) is 11.7 Å². The van der Waals surface area contributed by atoms with E-state index in [-0.39, 0.29) is 0 Å². The molecular weight excluding hydrogens is 314 g/mol. The van der Waals surface area contributed by atoms with Crippen molar-refractivity contribution >= 4 is 5.96 Å². The molecule has 1 rings (SSSR count). The smallest absolute Gasteiger partial charge is 0.191 e. The van der Waals surface area contributed by atoms with Crippen molar-refractivity contribution in [1.82, 2.24) is 20.7 Å². The highest BCUT2D eigenvalue weighted by atomic mass is 16.5. The van der Waals surface area contributed by atoms with Gasteiger partial charge in [-0.1, -0.05) is 19.0 Å². The molecule has 0 fully saturated rings. The Labute approximate surface area is 153 Å². The van der Waals surface area contributed by atoms with Crippen molar-refractivity contribution in [2.75, 3.05) is 19.6 Å². The highest BCUT2D eigenvalue weighted by Crippen LogP contribution is 2.14. The molecule has 1 heterocycles. The Morgan fingerprint density at radius 1 is 1.16 bits per heavy atom. The molecule has 0 atom stereocenters. The fraction of sp³-hybridized carbons (Fsp3) is 0.789. The summed E-state index contributed by atoms with van der Waals surface area (Å²) >= 11 is 0. The predicted octanol–water partition coefficient (Wildman–Crippen LogP) is 3.36. The molecule has 0 spiro atoms. The number of rotatable bonds is 10. The number of hydrogen-bond donors (Lipinski definition) is 2. The maximum atomic E-state index is 5.34. The minimum atomic E-state index is 0.373. The molecule has 6 nitrogen and oxygen atoms in total. The van der Waals surface area contributed by atoms with Crippen LogP contribution < -0.4 is 10.6 Å². The zero-order valence-corrected chi connectivity index (χ0v) is 17.1. The molecule has 0 aliphatic carbocycles. The van der Waals surface area contributed by atoms with Crippen molar-refractivity contribution in [3.8, 4) is 0 Å². The van der Waals surface area contributed by atoms with Crippen LogP contribution in [0.3, 0.4) is 0 Å². The molecule has 0 aromatic carbocycles. The van der Waals surface area contributed by atoms with E-state index >= 15 is 0 Å². The van der Waals surface area contributed by atoms with Crippen LogP contribution in [0.4, 0.5) is 0 Å². The molecule has 0 amide bonds. The molecule has 0 saturated heterocycles. The number of guanidine groups is 1. The summed E-state index contributed by atoms with van der Waals surface area (Å²) in [6.07, 6.45) is 1.08. The lowest BCUT2D eigenvalue weighted by Crippen LogP contribution is -2.41. The van der Waals surface area contributed by atoms with Gasteiger partial charge < -0.3 is 15.2 Å². The Bertz CT molecular complexity index is 500. The third kappa shape index (κ3) is 7.90. The van der Waals surface area contributed by atoms with Crippen LogP contribution >= 0.6 is 0 Å². The largest absolute Gasteiger partial charge is 0.359 e. The second-order valence-electron chi connectivity index (χ2n) is 7.27. The lowest BCUT2D eigenvalue weighted by molar-refractivity contribution is 0.173. The van der Waals surface area contributed by atoms with E-state index in [1.807, 2.05) is 6.07 Å². The van der Waals surface area contributed by atoms with Crippen LogP contribution in [0.5, 0.6) is 0 Å². The zero-order valence-electron chi connectivity index (χ0n) is 17.1. The number of nitrogens with zero attached hydrogens (tertiary/aromatic N) is 3. The summed E-state index contributed by atoms with van der Waals surface area (Å²) < 4.78 is 5.34. The van der Waals surface area contributed by atoms with Crippen LogP contribution in [0.25, 0.3) is 0 Å². The van der Waals surface area contributed by atoms with Gasteiger partial charge >= 0.3 is 0 Å². The lowest BCUT2D eigenvalue weighted by Gasteiger charge is -2.30. The van der Waals surface area contributed by atoms with E-state index in [0.29, 0.717) is 24.5 Å². The molecule has 144 valence electrons. The minimum absolute atomic E-state index is 0.373. The van der Waals surface area contributed by atoms with Gasteiger partial charge in [0, 0.05) is 37.8 Å². The van der Waals surface area contributed by atoms with Crippen molar-refractivity contribution in [3.05, 3.63) is 17.5 Å². The average Bonchev–Trinajstić information content (AvgIpc) is 3.00. The Morgan fingerprint density at radius 3 is 2.36 bits per heavy atom. The van der Waals surface area contributed by atoms with E-state index in [0.717, 1.165) is 43.5 Å². The first-order valence-electron chi connectivity index (χ1n) is 9.58. The summed E-state index contributed by atoms with van der Waals surface area (Å²) in [6, 6.07) is 3.13. The molecule has 25 heavy (non-hydrogen) atoms. The van der Waals surface area contributed by atoms with Crippen LogP contribution in [0.15, 0.2) is 15.6 Å². The van der Waals surface area contributed by atoms with E-state index < -0.39 is 0 Å². The van der Waals surface area contributed by atoms with Gasteiger partial charge in [0.25, 0.3) is 0 Å². The van der Waals surface area contributed by atoms with Gasteiger partial charge in [0.1, 0.15) is 6.54 Å². The Balaban J connectivity index is 2.47. The fourth-order valence-electron chi connectivity index (χ4n) is 2.76. The Morgan fingerprint density at radius 2 is 1.84 bits per heavy atom. The van der Waals surface area contributed by atoms with Crippen LogP contribution in [-0.4, -0.2) is 47.7 Å². The zero-order chi connectivity index (χ0) is 18.8. The van der Waals surface area contributed by atoms with Crippen LogP contribution in [0.2, 0.25) is 0 Å². The average molecular weight is 352 g/mol. The van der Waals surface area contributed by atoms with Crippen molar-refractivity contribution in [1.29, 1.82) is 0 Å². The maximum Gasteiger partial charge on any atom is 0.191 e. The lowest BCUT2D eigenvalue weighted by atomic mass is 10.1. The SMILES string of the molecule is CCNC(=NCc1cc(C(C)C)no1)NCCCN(C(C)C)C(C)C. The van der Waals surface area contributed by atoms with Gasteiger partial charge in [-0.2, -0.15) is 0 Å². The molecule has 1 aromatic rings. The van der Waals surface area contributed by atoms with Crippen LogP contribution in [0, 0.1) is 0 Å². The summed E-state index contributed by atoms with van der Waals surface area (Å²) in [6.45, 7) is 18.6. The van der Waals surface area contributed by atoms with Crippen molar-refractivity contribution in [3.63, 3.8) is 0 Å². The molecule has 6 heteroatoms. The fourth-order valence-corrected chi connectivity index (χ4v) is 2.76. The topological polar surface area (TPSA) is 65.7 Å². The molecule has 0 saturated carbocycles. The van der Waals surface area contributed by atoms with Gasteiger partial charge in [0.2, 0.25) is 0 Å². The Hall–Kier alpha value is -1.56. The molecule has 0 aliphatic rings. The number of aliphatic imine (C=N–C) groups is 1. The van der Waals surface area contributed by atoms with Crippen molar-refractivity contribution in [2.24, 2.45) is 4.99 Å². The summed E-state index contributed by atoms with van der Waals surface area (Å²) in [5.41, 5.74) is 0.977. The second-order valence-corrected chi connectivity index (χ2v) is 7.27. The highest BCUT2D eigenvalue weighted by molar-refractivity contribution is 5.79. The monoisotopic (exact) mass is 351 g/mol. The van der Waals surface area contributed by atoms with Crippen molar-refractivity contribution < 1.29 is 4.52 Å². The first-order chi connectivity index (χ1) is 11.8. The molecule has 2 N–H and O–H groups in total. The summed E-state index contributed by atoms with van der Waals surface area (Å²) in [5, 5.41) is 10.8. The number of nitrogens with one attached hydrogen (secondary N) is 2. The first kappa shape index (κ1) is 21.5. The summed E-state index contributed by atoms with van der Waals surface area (Å²) in [5.74, 6) is 2.00. The number of aromatic nitrogens is 1. The van der Waals surface area contributed by atoms with Gasteiger partial charge in [-0.25, -0.2) is 4.99 Å². The van der Waals surface area contributed by atoms with Gasteiger partial charge in [0.05, 0.1) is 5.69 Å². The maximum absolute atomic E-state index is 5.34. The van der Waals surface area contributed by atoms with E-state index in [9.17, 15) is 0 Å². The molecule has 0 unspecified atom stereocenters. The molecule has 1 aromatic heterocycles. The van der Waals surface area contributed by atoms with Gasteiger partial charge in [-0.05, 0) is 47.0 Å². The van der Waals surface area contributed by atoms with Gasteiger partial charge in [-0.3, -0.25) is 4.90 Å². The molecule has 0 radical (unpaired) electrons. The normalized spacial score (nSPS) is 12.7. The van der Waals surface area contributed by atoms with E-state index in [2.05, 4.69) is 74.1 Å². The van der Waals surface area contributed by atoms with Crippen LogP contribution in [-0.2, 0) is 6.54 Å². The first-order valence-corrected chi connectivity index (χ1v) is 9.58. The van der Waals surface area contributed by atoms with Crippen LogP contribution in [0.1, 0.15) is 72.3 Å². The Kier molecular flexibility index (Phi) is 9.57. The quantitative estimate of drug-likeness (QED) is 0.384. The standard InChI is InChI=1S/C19H37N5O/c1-8-20-19(21-10-9-11-24(15(4)5)16(6)7)22-13-17-12-18(14(2)3)23-25-17/h12,14-16H,8-11,13H2,1-7H3,(H2,20,21,22). The van der Waals surface area contributed by atoms with Crippen molar-refractivity contribution in [2.45, 2.75) is 79.4 Å². The predicted molar refractivity (Wildman–Crippen MR) is 105 cm³/mol. The van der Waals surface area contributed by atoms with Gasteiger partial charge in [-0.15, -0.1) is 0 Å². The third-order valence-corrected chi connectivity index (χ3v) is 4.12.